The molecule has 2 N–H and O–H groups in total. The third kappa shape index (κ3) is 3.63. The molecule has 24 heavy (non-hydrogen) atoms. The molecule has 2 aromatic rings. The number of hydrogen-bond acceptors (Lipinski definition) is 3. The van der Waals surface area contributed by atoms with Crippen LogP contribution in [0.1, 0.15) is 23.6 Å². The number of aryl methyl sites for hydroxylation is 1. The van der Waals surface area contributed by atoms with Gasteiger partial charge in [-0.05, 0) is 12.5 Å². The van der Waals surface area contributed by atoms with Gasteiger partial charge < -0.3 is 15.3 Å². The molecule has 0 aliphatic heterocycles. The number of carbonyl (C=O) groups excluding carboxylic acids is 2. The van der Waals surface area contributed by atoms with E-state index in [0.717, 1.165) is 5.56 Å². The maximum Gasteiger partial charge on any atom is 0.216 e. The average Bonchev–Trinajstić information content (AvgIpc) is 2.59. The molecule has 0 radical (unpaired) electrons. The molecule has 2 rings (SSSR count). The molecule has 0 fully saturated rings. The third-order valence-corrected chi connectivity index (χ3v) is 3.97. The van der Waals surface area contributed by atoms with Gasteiger partial charge in [0.1, 0.15) is 0 Å². The van der Waals surface area contributed by atoms with E-state index < -0.39 is 5.72 Å². The first-order chi connectivity index (χ1) is 11.5. The van der Waals surface area contributed by atoms with Crippen molar-refractivity contribution in [3.8, 4) is 0 Å². The largest absolute Gasteiger partial charge is 0.363 e. The van der Waals surface area contributed by atoms with Gasteiger partial charge in [-0.3, -0.25) is 9.59 Å². The summed E-state index contributed by atoms with van der Waals surface area (Å²) in [6.45, 7) is 3.74. The Hall–Kier alpha value is -2.66. The van der Waals surface area contributed by atoms with Crippen LogP contribution in [0.2, 0.25) is 0 Å². The Balaban J connectivity index is 2.48. The van der Waals surface area contributed by atoms with Gasteiger partial charge in [-0.15, -0.1) is 0 Å². The highest BCUT2D eigenvalue weighted by atomic mass is 16.3. The van der Waals surface area contributed by atoms with Crippen molar-refractivity contribution in [2.75, 3.05) is 13.1 Å². The number of nitrogens with one attached hydrogen (secondary N) is 1. The molecular formula is C19H22N2O3. The van der Waals surface area contributed by atoms with E-state index in [2.05, 4.69) is 5.32 Å². The SMILES string of the molecule is CC(=O)NCCN(C=O)C(O)(c1ccccc1)c1ccccc1C. The molecule has 0 aromatic heterocycles. The summed E-state index contributed by atoms with van der Waals surface area (Å²) in [7, 11) is 0. The Labute approximate surface area is 141 Å². The van der Waals surface area contributed by atoms with Crippen LogP contribution < -0.4 is 5.32 Å². The first-order valence-corrected chi connectivity index (χ1v) is 7.80. The van der Waals surface area contributed by atoms with E-state index in [1.807, 2.05) is 43.3 Å². The van der Waals surface area contributed by atoms with Crippen molar-refractivity contribution < 1.29 is 14.7 Å². The molecule has 0 aliphatic carbocycles. The van der Waals surface area contributed by atoms with Crippen LogP contribution in [-0.4, -0.2) is 35.4 Å². The summed E-state index contributed by atoms with van der Waals surface area (Å²) >= 11 is 0. The number of amides is 2. The Bertz CT molecular complexity index is 703. The van der Waals surface area contributed by atoms with E-state index in [-0.39, 0.29) is 19.0 Å². The number of carbonyl (C=O) groups is 2. The molecule has 2 aromatic carbocycles. The third-order valence-electron chi connectivity index (χ3n) is 3.97. The monoisotopic (exact) mass is 326 g/mol. The Kier molecular flexibility index (Phi) is 5.71. The highest BCUT2D eigenvalue weighted by molar-refractivity contribution is 5.72. The zero-order valence-electron chi connectivity index (χ0n) is 13.9. The lowest BCUT2D eigenvalue weighted by molar-refractivity contribution is -0.140. The number of aliphatic hydroxyl groups is 1. The fourth-order valence-corrected chi connectivity index (χ4v) is 2.75. The first-order valence-electron chi connectivity index (χ1n) is 7.80. The summed E-state index contributed by atoms with van der Waals surface area (Å²) in [6, 6.07) is 16.4. The van der Waals surface area contributed by atoms with Gasteiger partial charge in [-0.25, -0.2) is 0 Å². The van der Waals surface area contributed by atoms with Gasteiger partial charge in [0.05, 0.1) is 0 Å². The number of hydrogen-bond donors (Lipinski definition) is 2. The van der Waals surface area contributed by atoms with E-state index in [0.29, 0.717) is 17.5 Å². The van der Waals surface area contributed by atoms with E-state index >= 15 is 0 Å². The number of benzene rings is 2. The lowest BCUT2D eigenvalue weighted by atomic mass is 9.90. The second-order valence-corrected chi connectivity index (χ2v) is 5.63. The van der Waals surface area contributed by atoms with Gasteiger partial charge in [0.15, 0.2) is 5.72 Å². The van der Waals surface area contributed by atoms with Gasteiger partial charge in [-0.2, -0.15) is 0 Å². The van der Waals surface area contributed by atoms with Crippen LogP contribution >= 0.6 is 0 Å². The Morgan fingerprint density at radius 3 is 2.38 bits per heavy atom. The second kappa shape index (κ2) is 7.75. The van der Waals surface area contributed by atoms with Crippen molar-refractivity contribution in [2.45, 2.75) is 19.6 Å². The summed E-state index contributed by atoms with van der Waals surface area (Å²) in [6.07, 6.45) is 0.612. The standard InChI is InChI=1S/C19H22N2O3/c1-15-8-6-7-11-18(15)19(24,17-9-4-3-5-10-17)21(14-22)13-12-20-16(2)23/h3-11,14,24H,12-13H2,1-2H3,(H,20,23). The predicted molar refractivity (Wildman–Crippen MR) is 92.1 cm³/mol. The molecule has 1 atom stereocenters. The second-order valence-electron chi connectivity index (χ2n) is 5.63. The molecule has 5 heteroatoms. The lowest BCUT2D eigenvalue weighted by Gasteiger charge is -2.39. The Morgan fingerprint density at radius 1 is 1.17 bits per heavy atom. The summed E-state index contributed by atoms with van der Waals surface area (Å²) in [4.78, 5) is 24.1. The topological polar surface area (TPSA) is 69.6 Å². The lowest BCUT2D eigenvalue weighted by Crippen LogP contribution is -2.49. The summed E-state index contributed by atoms with van der Waals surface area (Å²) < 4.78 is 0. The highest BCUT2D eigenvalue weighted by Gasteiger charge is 2.38. The molecule has 1 unspecified atom stereocenters. The first kappa shape index (κ1) is 17.7. The molecule has 0 heterocycles. The van der Waals surface area contributed by atoms with E-state index in [4.69, 9.17) is 0 Å². The zero-order chi connectivity index (χ0) is 17.6. The van der Waals surface area contributed by atoms with Crippen LogP contribution in [0.4, 0.5) is 0 Å². The van der Waals surface area contributed by atoms with Crippen molar-refractivity contribution in [3.63, 3.8) is 0 Å². The highest BCUT2D eigenvalue weighted by Crippen LogP contribution is 2.34. The minimum atomic E-state index is -1.60. The molecule has 0 saturated carbocycles. The van der Waals surface area contributed by atoms with Gasteiger partial charge in [0, 0.05) is 31.1 Å². The van der Waals surface area contributed by atoms with Crippen molar-refractivity contribution in [1.82, 2.24) is 10.2 Å². The minimum Gasteiger partial charge on any atom is -0.363 e. The van der Waals surface area contributed by atoms with E-state index in [1.165, 1.54) is 11.8 Å². The van der Waals surface area contributed by atoms with Gasteiger partial charge in [0.25, 0.3) is 0 Å². The predicted octanol–water partition coefficient (Wildman–Crippen LogP) is 1.78. The smallest absolute Gasteiger partial charge is 0.216 e. The molecule has 0 spiro atoms. The maximum absolute atomic E-state index is 11.7. The molecule has 0 saturated heterocycles. The van der Waals surface area contributed by atoms with Crippen molar-refractivity contribution in [3.05, 3.63) is 71.3 Å². The minimum absolute atomic E-state index is 0.181. The maximum atomic E-state index is 11.7. The van der Waals surface area contributed by atoms with Gasteiger partial charge >= 0.3 is 0 Å². The molecule has 126 valence electrons. The van der Waals surface area contributed by atoms with Crippen LogP contribution in [0.25, 0.3) is 0 Å². The van der Waals surface area contributed by atoms with E-state index in [1.54, 1.807) is 18.2 Å². The average molecular weight is 326 g/mol. The van der Waals surface area contributed by atoms with Crippen LogP contribution in [-0.2, 0) is 15.3 Å². The molecule has 0 bridgehead atoms. The van der Waals surface area contributed by atoms with Gasteiger partial charge in [0.2, 0.25) is 12.3 Å². The number of nitrogens with zero attached hydrogens (tertiary/aromatic N) is 1. The zero-order valence-corrected chi connectivity index (χ0v) is 13.9. The van der Waals surface area contributed by atoms with Crippen LogP contribution in [0.5, 0.6) is 0 Å². The molecular weight excluding hydrogens is 304 g/mol. The quantitative estimate of drug-likeness (QED) is 0.602. The normalized spacial score (nSPS) is 13.0. The number of rotatable bonds is 7. The van der Waals surface area contributed by atoms with Crippen molar-refractivity contribution in [2.24, 2.45) is 0 Å². The Morgan fingerprint density at radius 2 is 1.79 bits per heavy atom. The molecule has 5 nitrogen and oxygen atoms in total. The van der Waals surface area contributed by atoms with Crippen LogP contribution in [0, 0.1) is 6.92 Å². The van der Waals surface area contributed by atoms with E-state index in [9.17, 15) is 14.7 Å². The molecule has 0 aliphatic rings. The summed E-state index contributed by atoms with van der Waals surface area (Å²) in [5.74, 6) is -0.181. The van der Waals surface area contributed by atoms with Crippen LogP contribution in [0.3, 0.4) is 0 Å². The van der Waals surface area contributed by atoms with Gasteiger partial charge in [-0.1, -0.05) is 54.6 Å². The fourth-order valence-electron chi connectivity index (χ4n) is 2.75. The summed E-state index contributed by atoms with van der Waals surface area (Å²) in [5, 5.41) is 14.2. The van der Waals surface area contributed by atoms with Crippen molar-refractivity contribution >= 4 is 12.3 Å². The van der Waals surface area contributed by atoms with Crippen LogP contribution in [0.15, 0.2) is 54.6 Å². The van der Waals surface area contributed by atoms with Crippen molar-refractivity contribution in [1.29, 1.82) is 0 Å². The fraction of sp³-hybridized carbons (Fsp3) is 0.263. The summed E-state index contributed by atoms with van der Waals surface area (Å²) in [5.41, 5.74) is 0.489. The molecule has 2 amide bonds.